The van der Waals surface area contributed by atoms with Crippen molar-refractivity contribution in [2.75, 3.05) is 0 Å². The number of rotatable bonds is 8. The van der Waals surface area contributed by atoms with Gasteiger partial charge in [0.1, 0.15) is 5.60 Å². The third-order valence-corrected chi connectivity index (χ3v) is 10.9. The molecular formula is C31H56BF4O2. The summed E-state index contributed by atoms with van der Waals surface area (Å²) in [4.78, 5) is 0. The summed E-state index contributed by atoms with van der Waals surface area (Å²) in [5.41, 5.74) is -4.92. The second kappa shape index (κ2) is 13.1. The van der Waals surface area contributed by atoms with Crippen LogP contribution in [-0.2, 0) is 0 Å². The maximum absolute atomic E-state index is 15.9. The van der Waals surface area contributed by atoms with Gasteiger partial charge in [-0.15, -0.1) is 0 Å². The van der Waals surface area contributed by atoms with Crippen molar-refractivity contribution in [3.05, 3.63) is 0 Å². The fraction of sp³-hybridized carbons (Fsp3) is 1.00. The lowest BCUT2D eigenvalue weighted by atomic mass is 9.49. The lowest BCUT2D eigenvalue weighted by Gasteiger charge is -2.44. The minimum Gasteiger partial charge on any atom is -0.399 e. The number of alkyl halides is 4. The van der Waals surface area contributed by atoms with Gasteiger partial charge in [0.25, 0.3) is 13.1 Å². The van der Waals surface area contributed by atoms with Gasteiger partial charge >= 0.3 is 5.92 Å². The molecular weight excluding hydrogens is 491 g/mol. The summed E-state index contributed by atoms with van der Waals surface area (Å²) < 4.78 is 63.1. The number of hydrogen-bond donors (Lipinski definition) is 2. The zero-order chi connectivity index (χ0) is 28.9. The summed E-state index contributed by atoms with van der Waals surface area (Å²) in [5, 5.41) is 22.7. The lowest BCUT2D eigenvalue weighted by molar-refractivity contribution is -0.269. The largest absolute Gasteiger partial charge is 0.399 e. The molecule has 0 bridgehead atoms. The SMILES string of the molecule is CCC(C)(C)C1CCCCCC(O)([B]C(F)(F)C(F)(F)C2(O)CCCCCCC(C(C)(C)CC)CC2)CC1. The van der Waals surface area contributed by atoms with Crippen LogP contribution in [0.5, 0.6) is 0 Å². The first-order chi connectivity index (χ1) is 17.5. The molecule has 0 aliphatic heterocycles. The molecule has 1 radical (unpaired) electrons. The first-order valence-electron chi connectivity index (χ1n) is 15.5. The second-order valence-corrected chi connectivity index (χ2v) is 14.2. The highest BCUT2D eigenvalue weighted by Crippen LogP contribution is 2.51. The maximum Gasteiger partial charge on any atom is 0.329 e. The molecule has 2 fully saturated rings. The molecule has 0 amide bonds. The minimum absolute atomic E-state index is 0.00819. The van der Waals surface area contributed by atoms with E-state index in [1.165, 1.54) is 0 Å². The topological polar surface area (TPSA) is 40.5 Å². The van der Waals surface area contributed by atoms with Crippen molar-refractivity contribution in [3.8, 4) is 0 Å². The van der Waals surface area contributed by atoms with Gasteiger partial charge in [0.05, 0.1) is 0 Å². The summed E-state index contributed by atoms with van der Waals surface area (Å²) in [6, 6.07) is 0. The van der Waals surface area contributed by atoms with Gasteiger partial charge in [0.2, 0.25) is 0 Å². The van der Waals surface area contributed by atoms with E-state index in [4.69, 9.17) is 0 Å². The molecule has 0 heterocycles. The first-order valence-corrected chi connectivity index (χ1v) is 15.5. The van der Waals surface area contributed by atoms with Crippen molar-refractivity contribution in [2.45, 2.75) is 174 Å². The van der Waals surface area contributed by atoms with Gasteiger partial charge in [-0.2, -0.15) is 8.78 Å². The summed E-state index contributed by atoms with van der Waals surface area (Å²) in [6.07, 6.45) is 8.84. The molecule has 0 aromatic rings. The van der Waals surface area contributed by atoms with Crippen LogP contribution in [0.1, 0.15) is 151 Å². The molecule has 7 heteroatoms. The molecule has 0 aromatic heterocycles. The molecule has 38 heavy (non-hydrogen) atoms. The van der Waals surface area contributed by atoms with Crippen molar-refractivity contribution >= 4 is 7.28 Å². The van der Waals surface area contributed by atoms with Gasteiger partial charge in [0, 0.05) is 5.50 Å². The fourth-order valence-electron chi connectivity index (χ4n) is 6.87. The van der Waals surface area contributed by atoms with Gasteiger partial charge < -0.3 is 10.2 Å². The van der Waals surface area contributed by atoms with Crippen LogP contribution < -0.4 is 0 Å². The highest BCUT2D eigenvalue weighted by Gasteiger charge is 2.69. The average molecular weight is 548 g/mol. The molecule has 2 saturated carbocycles. The van der Waals surface area contributed by atoms with Gasteiger partial charge in [-0.25, -0.2) is 8.78 Å². The Labute approximate surface area is 231 Å². The molecule has 4 atom stereocenters. The Kier molecular flexibility index (Phi) is 11.7. The monoisotopic (exact) mass is 547 g/mol. The van der Waals surface area contributed by atoms with Gasteiger partial charge in [-0.05, 0) is 74.0 Å². The molecule has 2 nitrogen and oxygen atoms in total. The molecule has 2 aliphatic carbocycles. The van der Waals surface area contributed by atoms with E-state index < -0.39 is 22.8 Å². The van der Waals surface area contributed by atoms with E-state index >= 15 is 17.6 Å². The normalized spacial score (nSPS) is 32.1. The van der Waals surface area contributed by atoms with Crippen LogP contribution >= 0.6 is 0 Å². The van der Waals surface area contributed by atoms with E-state index in [-0.39, 0.29) is 55.6 Å². The minimum atomic E-state index is -4.67. The molecule has 2 aliphatic rings. The van der Waals surface area contributed by atoms with Gasteiger partial charge in [0.15, 0.2) is 0 Å². The van der Waals surface area contributed by atoms with Crippen molar-refractivity contribution in [2.24, 2.45) is 22.7 Å². The Hall–Kier alpha value is -0.295. The predicted molar refractivity (Wildman–Crippen MR) is 150 cm³/mol. The lowest BCUT2D eigenvalue weighted by Crippen LogP contribution is -2.64. The van der Waals surface area contributed by atoms with Crippen LogP contribution in [0.25, 0.3) is 0 Å². The predicted octanol–water partition coefficient (Wildman–Crippen LogP) is 9.32. The van der Waals surface area contributed by atoms with Crippen LogP contribution in [0.15, 0.2) is 0 Å². The summed E-state index contributed by atoms with van der Waals surface area (Å²) >= 11 is 0. The number of hydrogen-bond acceptors (Lipinski definition) is 2. The molecule has 2 N–H and O–H groups in total. The van der Waals surface area contributed by atoms with Crippen LogP contribution in [0.2, 0.25) is 0 Å². The zero-order valence-electron chi connectivity index (χ0n) is 25.2. The Morgan fingerprint density at radius 1 is 0.632 bits per heavy atom. The van der Waals surface area contributed by atoms with Crippen molar-refractivity contribution in [1.29, 1.82) is 0 Å². The zero-order valence-corrected chi connectivity index (χ0v) is 25.2. The molecule has 0 spiro atoms. The second-order valence-electron chi connectivity index (χ2n) is 14.2. The average Bonchev–Trinajstić information content (AvgIpc) is 2.93. The van der Waals surface area contributed by atoms with E-state index in [9.17, 15) is 10.2 Å². The van der Waals surface area contributed by atoms with Crippen LogP contribution in [-0.4, -0.2) is 40.3 Å². The summed E-state index contributed by atoms with van der Waals surface area (Å²) in [5.74, 6) is -8.97. The fourth-order valence-corrected chi connectivity index (χ4v) is 6.87. The third kappa shape index (κ3) is 8.14. The maximum atomic E-state index is 15.9. The summed E-state index contributed by atoms with van der Waals surface area (Å²) in [7, 11) is 0.228. The van der Waals surface area contributed by atoms with Gasteiger partial charge in [-0.1, -0.05) is 99.3 Å². The Bertz CT molecular complexity index is 729. The highest BCUT2D eigenvalue weighted by atomic mass is 19.3. The molecule has 0 aromatic carbocycles. The molecule has 223 valence electrons. The van der Waals surface area contributed by atoms with Crippen LogP contribution in [0.3, 0.4) is 0 Å². The van der Waals surface area contributed by atoms with Crippen molar-refractivity contribution < 1.29 is 27.8 Å². The van der Waals surface area contributed by atoms with E-state index in [2.05, 4.69) is 41.5 Å². The van der Waals surface area contributed by atoms with Crippen molar-refractivity contribution in [1.82, 2.24) is 0 Å². The summed E-state index contributed by atoms with van der Waals surface area (Å²) in [6.45, 7) is 12.7. The molecule has 4 unspecified atom stereocenters. The van der Waals surface area contributed by atoms with E-state index in [0.717, 1.165) is 51.4 Å². The van der Waals surface area contributed by atoms with E-state index in [1.807, 2.05) is 0 Å². The molecule has 2 rings (SSSR count). The van der Waals surface area contributed by atoms with Crippen LogP contribution in [0.4, 0.5) is 17.6 Å². The first kappa shape index (κ1) is 33.9. The Morgan fingerprint density at radius 2 is 1.08 bits per heavy atom. The highest BCUT2D eigenvalue weighted by molar-refractivity contribution is 6.43. The standard InChI is InChI=1S/C31H56BF4O2/c1-7-26(3,4)24-16-12-9-10-14-20-28(37,22-18-24)30(33,34)31(35,36)32-29(38)21-15-11-13-17-25(19-23-29)27(5,6)8-2/h24-25,37-38H,7-23H2,1-6H3. The smallest absolute Gasteiger partial charge is 0.329 e. The van der Waals surface area contributed by atoms with Crippen molar-refractivity contribution in [3.63, 3.8) is 0 Å². The number of halogens is 4. The van der Waals surface area contributed by atoms with E-state index in [0.29, 0.717) is 32.1 Å². The quantitative estimate of drug-likeness (QED) is 0.235. The number of aliphatic hydroxyl groups is 2. The Morgan fingerprint density at radius 3 is 1.61 bits per heavy atom. The Balaban J connectivity index is 2.29. The third-order valence-electron chi connectivity index (χ3n) is 10.9. The van der Waals surface area contributed by atoms with E-state index in [1.54, 1.807) is 0 Å². The van der Waals surface area contributed by atoms with Crippen LogP contribution in [0, 0.1) is 22.7 Å². The molecule has 0 saturated heterocycles. The van der Waals surface area contributed by atoms with Gasteiger partial charge in [-0.3, -0.25) is 0 Å².